The average molecular weight is 290 g/mol. The standard InChI is InChI=1S/C14H14N2OS2/c15-13-12(8-5-6-17-7-11(8)18-13)14-16-9-3-1-2-4-10(9)19-14/h1-4,8,11H,5-7,15H2. The van der Waals surface area contributed by atoms with Gasteiger partial charge >= 0.3 is 0 Å². The topological polar surface area (TPSA) is 48.1 Å². The Bertz CT molecular complexity index is 631. The highest BCUT2D eigenvalue weighted by atomic mass is 32.2. The van der Waals surface area contributed by atoms with Crippen LogP contribution < -0.4 is 5.73 Å². The van der Waals surface area contributed by atoms with Gasteiger partial charge in [-0.1, -0.05) is 12.1 Å². The molecular weight excluding hydrogens is 276 g/mol. The van der Waals surface area contributed by atoms with Crippen molar-refractivity contribution in [3.05, 3.63) is 34.3 Å². The van der Waals surface area contributed by atoms with Gasteiger partial charge in [0.25, 0.3) is 0 Å². The Kier molecular flexibility index (Phi) is 2.79. The number of hydrogen-bond donors (Lipinski definition) is 1. The minimum absolute atomic E-state index is 0.482. The number of nitrogens with two attached hydrogens (primary N) is 1. The minimum Gasteiger partial charge on any atom is -0.393 e. The lowest BCUT2D eigenvalue weighted by Gasteiger charge is -2.25. The molecule has 2 aliphatic rings. The summed E-state index contributed by atoms with van der Waals surface area (Å²) in [7, 11) is 0. The molecule has 0 saturated carbocycles. The maximum atomic E-state index is 6.25. The maximum Gasteiger partial charge on any atom is 0.123 e. The lowest BCUT2D eigenvalue weighted by Crippen LogP contribution is -2.27. The van der Waals surface area contributed by atoms with E-state index < -0.39 is 0 Å². The fourth-order valence-corrected chi connectivity index (χ4v) is 5.27. The highest BCUT2D eigenvalue weighted by molar-refractivity contribution is 8.04. The number of para-hydroxylation sites is 1. The molecule has 0 spiro atoms. The van der Waals surface area contributed by atoms with Crippen LogP contribution >= 0.6 is 23.1 Å². The maximum absolute atomic E-state index is 6.25. The van der Waals surface area contributed by atoms with E-state index in [2.05, 4.69) is 18.2 Å². The van der Waals surface area contributed by atoms with Gasteiger partial charge < -0.3 is 10.5 Å². The second-order valence-electron chi connectivity index (χ2n) is 4.89. The van der Waals surface area contributed by atoms with E-state index in [4.69, 9.17) is 15.5 Å². The zero-order valence-corrected chi connectivity index (χ0v) is 12.0. The van der Waals surface area contributed by atoms with Crippen LogP contribution in [0.15, 0.2) is 29.3 Å². The Labute approximate surface area is 119 Å². The molecule has 1 fully saturated rings. The number of fused-ring (bicyclic) bond motifs is 2. The Morgan fingerprint density at radius 2 is 2.21 bits per heavy atom. The third-order valence-corrected chi connectivity index (χ3v) is 6.05. The smallest absolute Gasteiger partial charge is 0.123 e. The molecule has 2 unspecified atom stereocenters. The fourth-order valence-electron chi connectivity index (χ4n) is 2.82. The second-order valence-corrected chi connectivity index (χ2v) is 7.20. The van der Waals surface area contributed by atoms with Crippen molar-refractivity contribution in [2.45, 2.75) is 11.7 Å². The number of nitrogens with zero attached hydrogens (tertiary/aromatic N) is 1. The summed E-state index contributed by atoms with van der Waals surface area (Å²) in [6, 6.07) is 8.28. The number of ether oxygens (including phenoxy) is 1. The van der Waals surface area contributed by atoms with Gasteiger partial charge in [0.1, 0.15) is 5.01 Å². The van der Waals surface area contributed by atoms with Gasteiger partial charge in [-0.15, -0.1) is 23.1 Å². The summed E-state index contributed by atoms with van der Waals surface area (Å²) in [4.78, 5) is 4.76. The third-order valence-electron chi connectivity index (χ3n) is 3.74. The van der Waals surface area contributed by atoms with Crippen LogP contribution in [-0.4, -0.2) is 23.4 Å². The van der Waals surface area contributed by atoms with E-state index in [1.165, 1.54) is 10.3 Å². The Hall–Kier alpha value is -1.04. The average Bonchev–Trinajstić information content (AvgIpc) is 2.97. The van der Waals surface area contributed by atoms with Crippen LogP contribution in [0, 0.1) is 5.92 Å². The zero-order chi connectivity index (χ0) is 12.8. The first-order chi connectivity index (χ1) is 9.33. The van der Waals surface area contributed by atoms with Crippen LogP contribution in [0.1, 0.15) is 11.4 Å². The van der Waals surface area contributed by atoms with E-state index in [9.17, 15) is 0 Å². The Morgan fingerprint density at radius 1 is 1.32 bits per heavy atom. The Balaban J connectivity index is 1.80. The molecule has 0 aliphatic carbocycles. The lowest BCUT2D eigenvalue weighted by molar-refractivity contribution is 0.0870. The molecule has 19 heavy (non-hydrogen) atoms. The van der Waals surface area contributed by atoms with Crippen LogP contribution in [0.4, 0.5) is 0 Å². The molecule has 0 amide bonds. The SMILES string of the molecule is NC1=C(c2nc3ccccc3s2)C2CCOCC2S1. The first kappa shape index (κ1) is 11.8. The summed E-state index contributed by atoms with van der Waals surface area (Å²) in [5.41, 5.74) is 8.58. The summed E-state index contributed by atoms with van der Waals surface area (Å²) in [5, 5.41) is 2.52. The van der Waals surface area contributed by atoms with Crippen LogP contribution in [-0.2, 0) is 4.74 Å². The monoisotopic (exact) mass is 290 g/mol. The molecule has 3 heterocycles. The number of hydrogen-bond acceptors (Lipinski definition) is 5. The summed E-state index contributed by atoms with van der Waals surface area (Å²) in [5.74, 6) is 0.513. The van der Waals surface area contributed by atoms with E-state index in [1.54, 1.807) is 23.1 Å². The van der Waals surface area contributed by atoms with Crippen molar-refractivity contribution in [1.82, 2.24) is 4.98 Å². The highest BCUT2D eigenvalue weighted by Crippen LogP contribution is 2.49. The molecular formula is C14H14N2OS2. The number of thiazole rings is 1. The summed E-state index contributed by atoms with van der Waals surface area (Å²) in [6.45, 7) is 1.65. The van der Waals surface area contributed by atoms with Gasteiger partial charge in [0, 0.05) is 23.3 Å². The quantitative estimate of drug-likeness (QED) is 0.877. The molecule has 4 rings (SSSR count). The Morgan fingerprint density at radius 3 is 3.11 bits per heavy atom. The predicted molar refractivity (Wildman–Crippen MR) is 81.0 cm³/mol. The molecule has 2 aromatic rings. The van der Waals surface area contributed by atoms with Gasteiger partial charge in [-0.25, -0.2) is 4.98 Å². The first-order valence-electron chi connectivity index (χ1n) is 6.43. The van der Waals surface area contributed by atoms with Gasteiger partial charge in [-0.3, -0.25) is 0 Å². The van der Waals surface area contributed by atoms with Crippen molar-refractivity contribution in [3.8, 4) is 0 Å². The van der Waals surface area contributed by atoms with E-state index in [-0.39, 0.29) is 0 Å². The molecule has 1 saturated heterocycles. The molecule has 2 aliphatic heterocycles. The molecule has 0 radical (unpaired) electrons. The van der Waals surface area contributed by atoms with Crippen molar-refractivity contribution in [2.24, 2.45) is 11.7 Å². The fraction of sp³-hybridized carbons (Fsp3) is 0.357. The number of thioether (sulfide) groups is 1. The molecule has 98 valence electrons. The molecule has 1 aromatic carbocycles. The van der Waals surface area contributed by atoms with E-state index in [0.717, 1.165) is 35.2 Å². The summed E-state index contributed by atoms with van der Waals surface area (Å²) < 4.78 is 6.79. The molecule has 3 nitrogen and oxygen atoms in total. The van der Waals surface area contributed by atoms with Crippen LogP contribution in [0.5, 0.6) is 0 Å². The molecule has 0 bridgehead atoms. The third kappa shape index (κ3) is 1.88. The van der Waals surface area contributed by atoms with E-state index in [1.807, 2.05) is 6.07 Å². The van der Waals surface area contributed by atoms with Crippen molar-refractivity contribution in [3.63, 3.8) is 0 Å². The van der Waals surface area contributed by atoms with Crippen molar-refractivity contribution < 1.29 is 4.74 Å². The minimum atomic E-state index is 0.482. The lowest BCUT2D eigenvalue weighted by atomic mass is 9.92. The van der Waals surface area contributed by atoms with Crippen molar-refractivity contribution in [2.75, 3.05) is 13.2 Å². The summed E-state index contributed by atoms with van der Waals surface area (Å²) in [6.07, 6.45) is 1.06. The van der Waals surface area contributed by atoms with E-state index in [0.29, 0.717) is 11.2 Å². The predicted octanol–water partition coefficient (Wildman–Crippen LogP) is 3.08. The van der Waals surface area contributed by atoms with Gasteiger partial charge in [-0.2, -0.15) is 0 Å². The number of allylic oxidation sites excluding steroid dienone is 1. The van der Waals surface area contributed by atoms with Gasteiger partial charge in [0.2, 0.25) is 0 Å². The van der Waals surface area contributed by atoms with Crippen molar-refractivity contribution >= 4 is 38.9 Å². The van der Waals surface area contributed by atoms with Crippen LogP contribution in [0.3, 0.4) is 0 Å². The summed E-state index contributed by atoms with van der Waals surface area (Å²) >= 11 is 3.51. The van der Waals surface area contributed by atoms with Crippen molar-refractivity contribution in [1.29, 1.82) is 0 Å². The number of rotatable bonds is 1. The zero-order valence-electron chi connectivity index (χ0n) is 10.3. The molecule has 2 N–H and O–H groups in total. The number of aromatic nitrogens is 1. The van der Waals surface area contributed by atoms with Gasteiger partial charge in [0.05, 0.1) is 21.9 Å². The van der Waals surface area contributed by atoms with E-state index >= 15 is 0 Å². The first-order valence-corrected chi connectivity index (χ1v) is 8.12. The second kappa shape index (κ2) is 4.51. The highest BCUT2D eigenvalue weighted by Gasteiger charge is 2.38. The largest absolute Gasteiger partial charge is 0.393 e. The van der Waals surface area contributed by atoms with Gasteiger partial charge in [-0.05, 0) is 18.6 Å². The number of benzene rings is 1. The van der Waals surface area contributed by atoms with Crippen LogP contribution in [0.25, 0.3) is 15.8 Å². The molecule has 5 heteroatoms. The molecule has 1 aromatic heterocycles. The van der Waals surface area contributed by atoms with Gasteiger partial charge in [0.15, 0.2) is 0 Å². The molecule has 2 atom stereocenters. The normalized spacial score (nSPS) is 26.9. The van der Waals surface area contributed by atoms with Crippen LogP contribution in [0.2, 0.25) is 0 Å².